The maximum Gasteiger partial charge on any atom is 0.338 e. The first-order chi connectivity index (χ1) is 8.72. The second kappa shape index (κ2) is 5.12. The summed E-state index contributed by atoms with van der Waals surface area (Å²) < 4.78 is 15.5. The van der Waals surface area contributed by atoms with Gasteiger partial charge in [0.2, 0.25) is 0 Å². The number of carbonyl (C=O) groups is 1. The van der Waals surface area contributed by atoms with Crippen LogP contribution in [0.4, 0.5) is 0 Å². The molecular weight excluding hydrogens is 232 g/mol. The number of allylic oxidation sites excluding steroid dienone is 1. The van der Waals surface area contributed by atoms with Gasteiger partial charge in [0.05, 0.1) is 26.9 Å². The lowest BCUT2D eigenvalue weighted by atomic mass is 9.90. The Morgan fingerprint density at radius 2 is 1.94 bits per heavy atom. The smallest absolute Gasteiger partial charge is 0.338 e. The Balaban J connectivity index is 2.56. The lowest BCUT2D eigenvalue weighted by Crippen LogP contribution is -2.11. The van der Waals surface area contributed by atoms with Crippen molar-refractivity contribution in [2.45, 2.75) is 12.8 Å². The molecule has 0 saturated carbocycles. The van der Waals surface area contributed by atoms with Gasteiger partial charge >= 0.3 is 5.97 Å². The van der Waals surface area contributed by atoms with Gasteiger partial charge in [-0.15, -0.1) is 0 Å². The summed E-state index contributed by atoms with van der Waals surface area (Å²) in [6, 6.07) is 3.68. The van der Waals surface area contributed by atoms with E-state index >= 15 is 0 Å². The standard InChI is InChI=1S/C14H16O4/c1-16-12-8-7-9-10(13(12)17-2)5-4-6-11(9)14(15)18-3/h6-8H,4-5H2,1-3H3. The third-order valence-corrected chi connectivity index (χ3v) is 3.09. The van der Waals surface area contributed by atoms with Gasteiger partial charge in [0.15, 0.2) is 11.5 Å². The molecule has 0 bridgehead atoms. The van der Waals surface area contributed by atoms with E-state index in [1.165, 1.54) is 7.11 Å². The fourth-order valence-electron chi connectivity index (χ4n) is 2.27. The van der Waals surface area contributed by atoms with Crippen LogP contribution in [0.25, 0.3) is 5.57 Å². The summed E-state index contributed by atoms with van der Waals surface area (Å²) in [4.78, 5) is 11.7. The maximum atomic E-state index is 11.7. The summed E-state index contributed by atoms with van der Waals surface area (Å²) in [5, 5.41) is 0. The van der Waals surface area contributed by atoms with E-state index in [-0.39, 0.29) is 5.97 Å². The molecule has 0 N–H and O–H groups in total. The summed E-state index contributed by atoms with van der Waals surface area (Å²) >= 11 is 0. The zero-order chi connectivity index (χ0) is 13.1. The molecule has 0 atom stereocenters. The number of rotatable bonds is 3. The first kappa shape index (κ1) is 12.5. The SMILES string of the molecule is COC(=O)C1=CCCc2c1ccc(OC)c2OC. The van der Waals surface area contributed by atoms with Crippen LogP contribution in [0.15, 0.2) is 18.2 Å². The second-order valence-corrected chi connectivity index (χ2v) is 3.98. The van der Waals surface area contributed by atoms with Crippen LogP contribution in [0.3, 0.4) is 0 Å². The molecule has 1 aliphatic carbocycles. The molecule has 0 amide bonds. The minimum Gasteiger partial charge on any atom is -0.493 e. The Morgan fingerprint density at radius 1 is 1.17 bits per heavy atom. The van der Waals surface area contributed by atoms with Crippen LogP contribution in [-0.2, 0) is 16.0 Å². The molecule has 0 saturated heterocycles. The van der Waals surface area contributed by atoms with E-state index in [9.17, 15) is 4.79 Å². The van der Waals surface area contributed by atoms with Crippen molar-refractivity contribution < 1.29 is 19.0 Å². The normalized spacial score (nSPS) is 13.4. The predicted octanol–water partition coefficient (Wildman–Crippen LogP) is 2.21. The monoisotopic (exact) mass is 248 g/mol. The Bertz CT molecular complexity index is 503. The molecule has 18 heavy (non-hydrogen) atoms. The van der Waals surface area contributed by atoms with E-state index in [2.05, 4.69) is 0 Å². The molecule has 0 fully saturated rings. The summed E-state index contributed by atoms with van der Waals surface area (Å²) in [5.74, 6) is 1.06. The van der Waals surface area contributed by atoms with Crippen molar-refractivity contribution in [3.05, 3.63) is 29.3 Å². The van der Waals surface area contributed by atoms with Crippen molar-refractivity contribution in [2.24, 2.45) is 0 Å². The number of carbonyl (C=O) groups excluding carboxylic acids is 1. The molecular formula is C14H16O4. The lowest BCUT2D eigenvalue weighted by Gasteiger charge is -2.20. The van der Waals surface area contributed by atoms with E-state index in [0.717, 1.165) is 24.0 Å². The van der Waals surface area contributed by atoms with Gasteiger partial charge in [-0.25, -0.2) is 4.79 Å². The van der Waals surface area contributed by atoms with Crippen LogP contribution in [-0.4, -0.2) is 27.3 Å². The number of esters is 1. The third-order valence-electron chi connectivity index (χ3n) is 3.09. The fourth-order valence-corrected chi connectivity index (χ4v) is 2.27. The average molecular weight is 248 g/mol. The number of ether oxygens (including phenoxy) is 3. The van der Waals surface area contributed by atoms with Crippen LogP contribution in [0.2, 0.25) is 0 Å². The highest BCUT2D eigenvalue weighted by atomic mass is 16.5. The van der Waals surface area contributed by atoms with Crippen molar-refractivity contribution in [3.8, 4) is 11.5 Å². The summed E-state index contributed by atoms with van der Waals surface area (Å²) in [6.07, 6.45) is 3.53. The molecule has 1 aliphatic rings. The largest absolute Gasteiger partial charge is 0.493 e. The zero-order valence-corrected chi connectivity index (χ0v) is 10.8. The van der Waals surface area contributed by atoms with Crippen LogP contribution < -0.4 is 9.47 Å². The molecule has 0 aromatic heterocycles. The fraction of sp³-hybridized carbons (Fsp3) is 0.357. The lowest BCUT2D eigenvalue weighted by molar-refractivity contribution is -0.133. The third kappa shape index (κ3) is 1.94. The van der Waals surface area contributed by atoms with Crippen molar-refractivity contribution >= 4 is 11.5 Å². The highest BCUT2D eigenvalue weighted by Crippen LogP contribution is 2.39. The van der Waals surface area contributed by atoms with E-state index in [4.69, 9.17) is 14.2 Å². The number of hydrogen-bond acceptors (Lipinski definition) is 4. The highest BCUT2D eigenvalue weighted by Gasteiger charge is 2.23. The van der Waals surface area contributed by atoms with Gasteiger partial charge in [-0.1, -0.05) is 6.08 Å². The van der Waals surface area contributed by atoms with Gasteiger partial charge in [-0.2, -0.15) is 0 Å². The van der Waals surface area contributed by atoms with Gasteiger partial charge < -0.3 is 14.2 Å². The van der Waals surface area contributed by atoms with Gasteiger partial charge in [0.1, 0.15) is 0 Å². The molecule has 1 aromatic carbocycles. The molecule has 0 aliphatic heterocycles. The number of fused-ring (bicyclic) bond motifs is 1. The molecule has 4 nitrogen and oxygen atoms in total. The van der Waals surface area contributed by atoms with Crippen LogP contribution in [0.5, 0.6) is 11.5 Å². The zero-order valence-electron chi connectivity index (χ0n) is 10.8. The van der Waals surface area contributed by atoms with Crippen molar-refractivity contribution in [1.29, 1.82) is 0 Å². The van der Waals surface area contributed by atoms with Crippen LogP contribution in [0, 0.1) is 0 Å². The van der Waals surface area contributed by atoms with Crippen LogP contribution in [0.1, 0.15) is 17.5 Å². The van der Waals surface area contributed by atoms with Gasteiger partial charge in [-0.3, -0.25) is 0 Å². The van der Waals surface area contributed by atoms with Crippen molar-refractivity contribution in [3.63, 3.8) is 0 Å². The van der Waals surface area contributed by atoms with Gasteiger partial charge in [0, 0.05) is 5.56 Å². The second-order valence-electron chi connectivity index (χ2n) is 3.98. The van der Waals surface area contributed by atoms with Crippen LogP contribution >= 0.6 is 0 Å². The molecule has 0 radical (unpaired) electrons. The van der Waals surface area contributed by atoms with Gasteiger partial charge in [0.25, 0.3) is 0 Å². The topological polar surface area (TPSA) is 44.8 Å². The molecule has 1 aromatic rings. The highest BCUT2D eigenvalue weighted by molar-refractivity contribution is 6.17. The Hall–Kier alpha value is -1.97. The summed E-state index contributed by atoms with van der Waals surface area (Å²) in [6.45, 7) is 0. The Kier molecular flexibility index (Phi) is 3.55. The Labute approximate surface area is 106 Å². The minimum atomic E-state index is -0.317. The molecule has 0 spiro atoms. The van der Waals surface area contributed by atoms with E-state index in [1.807, 2.05) is 12.1 Å². The van der Waals surface area contributed by atoms with Crippen molar-refractivity contribution in [2.75, 3.05) is 21.3 Å². The summed E-state index contributed by atoms with van der Waals surface area (Å²) in [7, 11) is 4.59. The van der Waals surface area contributed by atoms with Crippen molar-refractivity contribution in [1.82, 2.24) is 0 Å². The maximum absolute atomic E-state index is 11.7. The number of methoxy groups -OCH3 is 3. The minimum absolute atomic E-state index is 0.317. The molecule has 0 unspecified atom stereocenters. The first-order valence-corrected chi connectivity index (χ1v) is 5.75. The Morgan fingerprint density at radius 3 is 2.56 bits per heavy atom. The summed E-state index contributed by atoms with van der Waals surface area (Å²) in [5.41, 5.74) is 2.46. The van der Waals surface area contributed by atoms with E-state index in [0.29, 0.717) is 17.1 Å². The van der Waals surface area contributed by atoms with Gasteiger partial charge in [-0.05, 0) is 30.5 Å². The molecule has 2 rings (SSSR count). The number of benzene rings is 1. The average Bonchev–Trinajstić information content (AvgIpc) is 2.44. The molecule has 0 heterocycles. The first-order valence-electron chi connectivity index (χ1n) is 5.75. The quantitative estimate of drug-likeness (QED) is 0.769. The van der Waals surface area contributed by atoms with E-state index < -0.39 is 0 Å². The molecule has 4 heteroatoms. The van der Waals surface area contributed by atoms with E-state index in [1.54, 1.807) is 20.3 Å². The molecule has 96 valence electrons. The predicted molar refractivity (Wildman–Crippen MR) is 67.9 cm³/mol. The number of hydrogen-bond donors (Lipinski definition) is 0.